The molecule has 1 atom stereocenters. The minimum atomic E-state index is -0.791. The van der Waals surface area contributed by atoms with E-state index in [0.717, 1.165) is 148 Å². The minimum Gasteiger partial charge on any atom is -0.462 e. The minimum absolute atomic E-state index is 0.0881. The van der Waals surface area contributed by atoms with Crippen molar-refractivity contribution in [3.8, 4) is 0 Å². The van der Waals surface area contributed by atoms with Crippen molar-refractivity contribution in [3.05, 3.63) is 134 Å². The molecule has 0 amide bonds. The first-order valence-corrected chi connectivity index (χ1v) is 31.7. The van der Waals surface area contributed by atoms with Crippen LogP contribution in [0.2, 0.25) is 0 Å². The summed E-state index contributed by atoms with van der Waals surface area (Å²) >= 11 is 0. The molecule has 0 saturated heterocycles. The summed E-state index contributed by atoms with van der Waals surface area (Å²) in [5.74, 6) is -0.915. The average molecular weight is 1070 g/mol. The van der Waals surface area contributed by atoms with Gasteiger partial charge in [-0.15, -0.1) is 0 Å². The Hall–Kier alpha value is -4.45. The van der Waals surface area contributed by atoms with Crippen molar-refractivity contribution in [2.24, 2.45) is 0 Å². The molecule has 0 bridgehead atoms. The van der Waals surface area contributed by atoms with Crippen LogP contribution in [0.25, 0.3) is 0 Å². The van der Waals surface area contributed by atoms with Crippen LogP contribution in [-0.4, -0.2) is 37.2 Å². The summed E-state index contributed by atoms with van der Waals surface area (Å²) in [4.78, 5) is 38.1. The molecule has 0 heterocycles. The first kappa shape index (κ1) is 72.5. The van der Waals surface area contributed by atoms with E-state index in [-0.39, 0.29) is 31.1 Å². The fraction of sp³-hybridized carbons (Fsp3) is 0.648. The van der Waals surface area contributed by atoms with Gasteiger partial charge in [-0.1, -0.05) is 276 Å². The molecule has 0 aliphatic heterocycles. The van der Waals surface area contributed by atoms with E-state index in [1.54, 1.807) is 0 Å². The molecule has 0 aromatic heterocycles. The molecule has 436 valence electrons. The van der Waals surface area contributed by atoms with Crippen LogP contribution >= 0.6 is 0 Å². The highest BCUT2D eigenvalue weighted by Crippen LogP contribution is 2.15. The predicted molar refractivity (Wildman–Crippen MR) is 334 cm³/mol. The largest absolute Gasteiger partial charge is 0.462 e. The average Bonchev–Trinajstić information content (AvgIpc) is 3.43. The summed E-state index contributed by atoms with van der Waals surface area (Å²) in [6.45, 7) is 6.36. The maximum absolute atomic E-state index is 12.8. The summed E-state index contributed by atoms with van der Waals surface area (Å²) in [6, 6.07) is 0. The molecule has 6 heteroatoms. The Morgan fingerprint density at radius 1 is 0.273 bits per heavy atom. The van der Waals surface area contributed by atoms with E-state index in [0.29, 0.717) is 19.3 Å². The molecule has 0 aliphatic rings. The Bertz CT molecular complexity index is 1650. The van der Waals surface area contributed by atoms with E-state index < -0.39 is 6.10 Å². The van der Waals surface area contributed by atoms with Gasteiger partial charge in [-0.3, -0.25) is 14.4 Å². The zero-order chi connectivity index (χ0) is 55.7. The van der Waals surface area contributed by atoms with Gasteiger partial charge in [0.1, 0.15) is 13.2 Å². The molecule has 0 aromatic rings. The highest BCUT2D eigenvalue weighted by Gasteiger charge is 2.19. The van der Waals surface area contributed by atoms with E-state index in [4.69, 9.17) is 14.2 Å². The second-order valence-electron chi connectivity index (χ2n) is 20.6. The van der Waals surface area contributed by atoms with Gasteiger partial charge in [-0.2, -0.15) is 0 Å². The van der Waals surface area contributed by atoms with E-state index in [2.05, 4.69) is 154 Å². The molecule has 6 nitrogen and oxygen atoms in total. The highest BCUT2D eigenvalue weighted by molar-refractivity contribution is 5.71. The lowest BCUT2D eigenvalue weighted by Gasteiger charge is -2.18. The topological polar surface area (TPSA) is 78.9 Å². The maximum Gasteiger partial charge on any atom is 0.306 e. The van der Waals surface area contributed by atoms with Crippen molar-refractivity contribution in [1.82, 2.24) is 0 Å². The molecular weight excluding hydrogens is 949 g/mol. The molecule has 77 heavy (non-hydrogen) atoms. The van der Waals surface area contributed by atoms with Crippen LogP contribution in [0.15, 0.2) is 134 Å². The molecule has 0 fully saturated rings. The van der Waals surface area contributed by atoms with Gasteiger partial charge in [-0.05, 0) is 116 Å². The van der Waals surface area contributed by atoms with E-state index in [1.807, 2.05) is 0 Å². The highest BCUT2D eigenvalue weighted by atomic mass is 16.6. The van der Waals surface area contributed by atoms with Crippen molar-refractivity contribution in [2.75, 3.05) is 13.2 Å². The molecule has 1 unspecified atom stereocenters. The van der Waals surface area contributed by atoms with Gasteiger partial charge in [-0.25, -0.2) is 0 Å². The zero-order valence-electron chi connectivity index (χ0n) is 49.9. The fourth-order valence-electron chi connectivity index (χ4n) is 8.47. The number of carbonyl (C=O) groups excluding carboxylic acids is 3. The Kier molecular flexibility index (Phi) is 60.4. The van der Waals surface area contributed by atoms with Crippen molar-refractivity contribution < 1.29 is 28.6 Å². The lowest BCUT2D eigenvalue weighted by atomic mass is 10.0. The molecule has 0 aliphatic carbocycles. The van der Waals surface area contributed by atoms with Crippen LogP contribution in [0, 0.1) is 0 Å². The Morgan fingerprint density at radius 3 is 0.792 bits per heavy atom. The van der Waals surface area contributed by atoms with Crippen molar-refractivity contribution >= 4 is 17.9 Å². The number of esters is 3. The van der Waals surface area contributed by atoms with Gasteiger partial charge in [0.05, 0.1) is 0 Å². The smallest absolute Gasteiger partial charge is 0.306 e. The van der Waals surface area contributed by atoms with E-state index >= 15 is 0 Å². The summed E-state index contributed by atoms with van der Waals surface area (Å²) in [5.41, 5.74) is 0. The second-order valence-corrected chi connectivity index (χ2v) is 20.6. The fourth-order valence-corrected chi connectivity index (χ4v) is 8.47. The summed E-state index contributed by atoms with van der Waals surface area (Å²) in [7, 11) is 0. The molecule has 0 radical (unpaired) electrons. The Labute approximate surface area is 475 Å². The zero-order valence-corrected chi connectivity index (χ0v) is 49.9. The molecular formula is C71H116O6. The van der Waals surface area contributed by atoms with Crippen LogP contribution < -0.4 is 0 Å². The Morgan fingerprint density at radius 2 is 0.506 bits per heavy atom. The summed E-state index contributed by atoms with van der Waals surface area (Å²) < 4.78 is 16.8. The van der Waals surface area contributed by atoms with Crippen molar-refractivity contribution in [1.29, 1.82) is 0 Å². The SMILES string of the molecule is CC/C=C\C/C=C\C/C=C\C/C=C\C/C=C\C/C=C\CCCCCCCCCCCCCCC(=O)OCC(COC(=O)CCCCCCCCC)OC(=O)CCCCCCC/C=C\C/C=C\C/C=C\C/C=C\C/C=C\CC. The number of unbranched alkanes of at least 4 members (excludes halogenated alkanes) is 23. The van der Waals surface area contributed by atoms with Gasteiger partial charge in [0.2, 0.25) is 0 Å². The molecule has 0 aromatic carbocycles. The second kappa shape index (κ2) is 64.1. The number of hydrogen-bond donors (Lipinski definition) is 0. The van der Waals surface area contributed by atoms with Crippen molar-refractivity contribution in [2.45, 2.75) is 284 Å². The molecule has 0 rings (SSSR count). The van der Waals surface area contributed by atoms with Gasteiger partial charge in [0.15, 0.2) is 6.10 Å². The molecule has 0 saturated carbocycles. The lowest BCUT2D eigenvalue weighted by Crippen LogP contribution is -2.30. The predicted octanol–water partition coefficient (Wildman–Crippen LogP) is 21.8. The number of rotatable bonds is 56. The first-order valence-electron chi connectivity index (χ1n) is 31.7. The standard InChI is InChI=1S/C71H116O6/c1-4-7-10-13-16-18-20-22-24-26-28-30-31-32-33-34-35-36-37-38-39-41-42-44-46-48-50-52-55-58-61-64-70(73)76-67-68(66-75-69(72)63-60-57-54-15-12-9-6-3)77-71(74)65-62-59-56-53-51-49-47-45-43-40-29-27-25-23-21-19-17-14-11-8-5-2/h7-8,10-11,16-19,22-25,28-30,32-33,35-36,40,45,47,68H,4-6,9,12-15,20-21,26-27,31,34,37-39,41-44,46,48-67H2,1-3H3/b10-7-,11-8-,18-16-,19-17-,24-22-,25-23-,30-28-,33-32-,36-35-,40-29-,47-45-. The monoisotopic (exact) mass is 1060 g/mol. The number of ether oxygens (including phenoxy) is 3. The van der Waals surface area contributed by atoms with Gasteiger partial charge < -0.3 is 14.2 Å². The number of allylic oxidation sites excluding steroid dienone is 22. The molecule has 0 spiro atoms. The third-order valence-corrected chi connectivity index (χ3v) is 13.2. The maximum atomic E-state index is 12.8. The van der Waals surface area contributed by atoms with Crippen LogP contribution in [0.3, 0.4) is 0 Å². The normalized spacial score (nSPS) is 13.0. The third kappa shape index (κ3) is 62.3. The van der Waals surface area contributed by atoms with E-state index in [1.165, 1.54) is 89.9 Å². The van der Waals surface area contributed by atoms with Crippen molar-refractivity contribution in [3.63, 3.8) is 0 Å². The van der Waals surface area contributed by atoms with Gasteiger partial charge >= 0.3 is 17.9 Å². The summed E-state index contributed by atoms with van der Waals surface area (Å²) in [6.07, 6.45) is 90.5. The van der Waals surface area contributed by atoms with Gasteiger partial charge in [0.25, 0.3) is 0 Å². The quantitative estimate of drug-likeness (QED) is 0.0261. The lowest BCUT2D eigenvalue weighted by molar-refractivity contribution is -0.167. The molecule has 0 N–H and O–H groups in total. The Balaban J connectivity index is 4.17. The van der Waals surface area contributed by atoms with Crippen LogP contribution in [0.4, 0.5) is 0 Å². The van der Waals surface area contributed by atoms with Gasteiger partial charge in [0, 0.05) is 19.3 Å². The third-order valence-electron chi connectivity index (χ3n) is 13.2. The first-order chi connectivity index (χ1) is 38.0. The number of carbonyl (C=O) groups is 3. The number of hydrogen-bond acceptors (Lipinski definition) is 6. The van der Waals surface area contributed by atoms with Crippen LogP contribution in [0.1, 0.15) is 278 Å². The van der Waals surface area contributed by atoms with E-state index in [9.17, 15) is 14.4 Å². The van der Waals surface area contributed by atoms with Crippen LogP contribution in [-0.2, 0) is 28.6 Å². The summed E-state index contributed by atoms with van der Waals surface area (Å²) in [5, 5.41) is 0. The van der Waals surface area contributed by atoms with Crippen LogP contribution in [0.5, 0.6) is 0 Å².